The number of benzene rings is 1. The van der Waals surface area contributed by atoms with Gasteiger partial charge in [-0.05, 0) is 25.0 Å². The van der Waals surface area contributed by atoms with Gasteiger partial charge in [0.25, 0.3) is 0 Å². The summed E-state index contributed by atoms with van der Waals surface area (Å²) in [7, 11) is 0. The molecule has 1 radical (unpaired) electrons. The molecule has 0 atom stereocenters. The predicted octanol–water partition coefficient (Wildman–Crippen LogP) is 2.96. The number of hydrogen-bond acceptors (Lipinski definition) is 2. The highest BCUT2D eigenvalue weighted by Gasteiger charge is 2.20. The number of ether oxygens (including phenoxy) is 1. The van der Waals surface area contributed by atoms with Crippen LogP contribution >= 0.6 is 0 Å². The van der Waals surface area contributed by atoms with E-state index in [2.05, 4.69) is 41.1 Å². The van der Waals surface area contributed by atoms with Crippen LogP contribution in [0.3, 0.4) is 0 Å². The van der Waals surface area contributed by atoms with Crippen molar-refractivity contribution in [3.8, 4) is 0 Å². The molecule has 0 aliphatic carbocycles. The lowest BCUT2D eigenvalue weighted by atomic mass is 10.1. The lowest BCUT2D eigenvalue weighted by Gasteiger charge is -2.25. The van der Waals surface area contributed by atoms with Crippen molar-refractivity contribution in [3.05, 3.63) is 36.5 Å². The van der Waals surface area contributed by atoms with E-state index in [9.17, 15) is 0 Å². The Morgan fingerprint density at radius 3 is 2.82 bits per heavy atom. The quantitative estimate of drug-likeness (QED) is 0.791. The van der Waals surface area contributed by atoms with Gasteiger partial charge in [-0.25, -0.2) is 4.98 Å². The first kappa shape index (κ1) is 10.8. The monoisotopic (exact) mass is 229 g/mol. The highest BCUT2D eigenvalue weighted by molar-refractivity contribution is 5.76. The lowest BCUT2D eigenvalue weighted by molar-refractivity contribution is 0.0702. The Bertz CT molecular complexity index is 512. The van der Waals surface area contributed by atoms with Crippen LogP contribution in [0.1, 0.15) is 31.6 Å². The molecule has 3 rings (SSSR count). The molecule has 1 aromatic heterocycles. The zero-order valence-corrected chi connectivity index (χ0v) is 10.1. The molecule has 1 aliphatic rings. The van der Waals surface area contributed by atoms with Gasteiger partial charge in [-0.3, -0.25) is 0 Å². The lowest BCUT2D eigenvalue weighted by Crippen LogP contribution is -2.20. The number of hydrogen-bond donors (Lipinski definition) is 0. The molecule has 0 N–H and O–H groups in total. The van der Waals surface area contributed by atoms with Crippen molar-refractivity contribution in [2.24, 2.45) is 0 Å². The van der Waals surface area contributed by atoms with Crippen LogP contribution in [0.25, 0.3) is 11.0 Å². The fourth-order valence-corrected chi connectivity index (χ4v) is 2.59. The van der Waals surface area contributed by atoms with Crippen molar-refractivity contribution in [3.63, 3.8) is 0 Å². The molecule has 2 heterocycles. The van der Waals surface area contributed by atoms with Crippen molar-refractivity contribution in [2.75, 3.05) is 13.2 Å². The summed E-state index contributed by atoms with van der Waals surface area (Å²) < 4.78 is 7.81. The molecular weight excluding hydrogens is 212 g/mol. The zero-order chi connectivity index (χ0) is 11.7. The molecule has 3 nitrogen and oxygen atoms in total. The van der Waals surface area contributed by atoms with E-state index >= 15 is 0 Å². The molecule has 1 aliphatic heterocycles. The number of para-hydroxylation sites is 2. The van der Waals surface area contributed by atoms with E-state index in [-0.39, 0.29) is 0 Å². The third kappa shape index (κ3) is 1.84. The van der Waals surface area contributed by atoms with E-state index in [0.717, 1.165) is 37.4 Å². The number of fused-ring (bicyclic) bond motifs is 1. The summed E-state index contributed by atoms with van der Waals surface area (Å²) in [6.45, 7) is 3.78. The van der Waals surface area contributed by atoms with Gasteiger partial charge in [-0.1, -0.05) is 19.1 Å². The van der Waals surface area contributed by atoms with E-state index in [0.29, 0.717) is 6.04 Å². The Morgan fingerprint density at radius 1 is 1.29 bits per heavy atom. The molecule has 1 aromatic carbocycles. The summed E-state index contributed by atoms with van der Waals surface area (Å²) in [4.78, 5) is 4.67. The number of rotatable bonds is 2. The second-order valence-corrected chi connectivity index (χ2v) is 4.46. The molecule has 3 heteroatoms. The predicted molar refractivity (Wildman–Crippen MR) is 67.9 cm³/mol. The van der Waals surface area contributed by atoms with E-state index in [1.54, 1.807) is 0 Å². The summed E-state index contributed by atoms with van der Waals surface area (Å²) >= 11 is 0. The standard InChI is InChI=1S/C14H17N2O/c1-2-14-15-12-5-3-4-6-13(12)16(14)11-7-9-17-10-8-11/h2-6,11H,7-10H2,1H3. The van der Waals surface area contributed by atoms with Crippen LogP contribution in [0.2, 0.25) is 0 Å². The fourth-order valence-electron chi connectivity index (χ4n) is 2.59. The van der Waals surface area contributed by atoms with E-state index in [1.807, 2.05) is 6.07 Å². The summed E-state index contributed by atoms with van der Waals surface area (Å²) in [5.74, 6) is 1.08. The largest absolute Gasteiger partial charge is 0.381 e. The van der Waals surface area contributed by atoms with Crippen LogP contribution in [0.15, 0.2) is 24.3 Å². The first-order chi connectivity index (χ1) is 8.40. The van der Waals surface area contributed by atoms with Gasteiger partial charge in [0.05, 0.1) is 11.0 Å². The van der Waals surface area contributed by atoms with Gasteiger partial charge < -0.3 is 9.30 Å². The highest BCUT2D eigenvalue weighted by atomic mass is 16.5. The van der Waals surface area contributed by atoms with Crippen molar-refractivity contribution < 1.29 is 4.74 Å². The van der Waals surface area contributed by atoms with Crippen LogP contribution < -0.4 is 0 Å². The third-order valence-corrected chi connectivity index (χ3v) is 3.44. The molecule has 0 amide bonds. The molecule has 1 fully saturated rings. The average molecular weight is 229 g/mol. The molecule has 0 saturated carbocycles. The van der Waals surface area contributed by atoms with Crippen LogP contribution in [0.5, 0.6) is 0 Å². The fraction of sp³-hybridized carbons (Fsp3) is 0.429. The van der Waals surface area contributed by atoms with E-state index < -0.39 is 0 Å². The topological polar surface area (TPSA) is 27.1 Å². The average Bonchev–Trinajstić information content (AvgIpc) is 2.78. The van der Waals surface area contributed by atoms with Crippen molar-refractivity contribution >= 4 is 11.0 Å². The maximum atomic E-state index is 5.44. The van der Waals surface area contributed by atoms with Gasteiger partial charge in [-0.15, -0.1) is 0 Å². The minimum Gasteiger partial charge on any atom is -0.381 e. The van der Waals surface area contributed by atoms with Crippen LogP contribution in [-0.4, -0.2) is 22.8 Å². The van der Waals surface area contributed by atoms with Gasteiger partial charge in [0.1, 0.15) is 5.82 Å². The van der Waals surface area contributed by atoms with Gasteiger partial charge in [-0.2, -0.15) is 0 Å². The first-order valence-corrected chi connectivity index (χ1v) is 6.24. The van der Waals surface area contributed by atoms with Gasteiger partial charge >= 0.3 is 0 Å². The molecule has 0 bridgehead atoms. The van der Waals surface area contributed by atoms with Crippen LogP contribution in [0.4, 0.5) is 0 Å². The SMILES string of the molecule is C[CH]c1nc2ccccc2n1C1CCOCC1. The van der Waals surface area contributed by atoms with Crippen molar-refractivity contribution in [1.29, 1.82) is 0 Å². The molecule has 0 unspecified atom stereocenters. The second kappa shape index (κ2) is 4.49. The number of imidazole rings is 1. The number of nitrogens with zero attached hydrogens (tertiary/aromatic N) is 2. The number of aromatic nitrogens is 2. The molecule has 17 heavy (non-hydrogen) atoms. The van der Waals surface area contributed by atoms with Crippen molar-refractivity contribution in [2.45, 2.75) is 25.8 Å². The Hall–Kier alpha value is -1.35. The smallest absolute Gasteiger partial charge is 0.113 e. The molecular formula is C14H17N2O. The summed E-state index contributed by atoms with van der Waals surface area (Å²) in [6.07, 6.45) is 4.26. The second-order valence-electron chi connectivity index (χ2n) is 4.46. The molecule has 1 saturated heterocycles. The Labute approximate surface area is 101 Å². The Morgan fingerprint density at radius 2 is 2.06 bits per heavy atom. The Balaban J connectivity index is 2.11. The van der Waals surface area contributed by atoms with Crippen molar-refractivity contribution in [1.82, 2.24) is 9.55 Å². The van der Waals surface area contributed by atoms with Crippen LogP contribution in [-0.2, 0) is 4.74 Å². The van der Waals surface area contributed by atoms with Gasteiger partial charge in [0, 0.05) is 25.7 Å². The molecule has 0 spiro atoms. The highest BCUT2D eigenvalue weighted by Crippen LogP contribution is 2.28. The van der Waals surface area contributed by atoms with Gasteiger partial charge in [0.15, 0.2) is 0 Å². The van der Waals surface area contributed by atoms with Gasteiger partial charge in [0.2, 0.25) is 0 Å². The zero-order valence-electron chi connectivity index (χ0n) is 10.1. The minimum atomic E-state index is 0.530. The van der Waals surface area contributed by atoms with Crippen LogP contribution in [0, 0.1) is 6.42 Å². The normalized spacial score (nSPS) is 17.7. The minimum absolute atomic E-state index is 0.530. The summed E-state index contributed by atoms with van der Waals surface area (Å²) in [5, 5.41) is 0. The van der Waals surface area contributed by atoms with E-state index in [4.69, 9.17) is 4.74 Å². The first-order valence-electron chi connectivity index (χ1n) is 6.24. The Kier molecular flexibility index (Phi) is 2.85. The van der Waals surface area contributed by atoms with E-state index in [1.165, 1.54) is 5.52 Å². The summed E-state index contributed by atoms with van der Waals surface area (Å²) in [5.41, 5.74) is 2.33. The molecule has 2 aromatic rings. The maximum absolute atomic E-state index is 5.44. The maximum Gasteiger partial charge on any atom is 0.113 e. The molecule has 89 valence electrons. The summed E-state index contributed by atoms with van der Waals surface area (Å²) in [6, 6.07) is 8.90. The third-order valence-electron chi connectivity index (χ3n) is 3.44.